The molecule has 0 aromatic carbocycles. The molecule has 0 aromatic rings. The molecule has 1 heterocycles. The Kier molecular flexibility index (Phi) is 8.13. The van der Waals surface area contributed by atoms with Gasteiger partial charge in [-0.25, -0.2) is 0 Å². The fourth-order valence-electron chi connectivity index (χ4n) is 1.82. The molecule has 0 aliphatic carbocycles. The van der Waals surface area contributed by atoms with Gasteiger partial charge in [-0.1, -0.05) is 0 Å². The second kappa shape index (κ2) is 8.16. The highest BCUT2D eigenvalue weighted by atomic mass is 127. The summed E-state index contributed by atoms with van der Waals surface area (Å²) in [5, 5.41) is 3.15. The van der Waals surface area contributed by atoms with Gasteiger partial charge in [0.05, 0.1) is 19.8 Å². The molecule has 1 fully saturated rings. The lowest BCUT2D eigenvalue weighted by Gasteiger charge is -2.32. The molecule has 1 atom stereocenters. The van der Waals surface area contributed by atoms with Crippen LogP contribution in [0.1, 0.15) is 27.7 Å². The van der Waals surface area contributed by atoms with Gasteiger partial charge in [-0.15, -0.1) is 24.0 Å². The Morgan fingerprint density at radius 2 is 2.17 bits per heavy atom. The number of hydrogen-bond donors (Lipinski definition) is 2. The molecule has 1 saturated heterocycles. The molecular weight excluding hydrogens is 343 g/mol. The van der Waals surface area contributed by atoms with Gasteiger partial charge in [0.15, 0.2) is 5.96 Å². The Morgan fingerprint density at radius 1 is 1.50 bits per heavy atom. The van der Waals surface area contributed by atoms with Crippen molar-refractivity contribution in [2.75, 3.05) is 32.8 Å². The molecule has 18 heavy (non-hydrogen) atoms. The molecule has 6 heteroatoms. The number of halogens is 1. The molecule has 0 bridgehead atoms. The molecule has 1 unspecified atom stereocenters. The first-order valence-corrected chi connectivity index (χ1v) is 6.28. The average molecular weight is 370 g/mol. The lowest BCUT2D eigenvalue weighted by atomic mass is 10.1. The highest BCUT2D eigenvalue weighted by molar-refractivity contribution is 14.0. The quantitative estimate of drug-likeness (QED) is 0.443. The summed E-state index contributed by atoms with van der Waals surface area (Å²) in [5.74, 6) is 0.526. The van der Waals surface area contributed by atoms with E-state index in [1.807, 2.05) is 0 Å². The van der Waals surface area contributed by atoms with Crippen LogP contribution in [-0.4, -0.2) is 55.3 Å². The van der Waals surface area contributed by atoms with Crippen LogP contribution in [0.25, 0.3) is 0 Å². The number of aliphatic imine (C=N–C) groups is 1. The highest BCUT2D eigenvalue weighted by Gasteiger charge is 2.17. The van der Waals surface area contributed by atoms with Crippen molar-refractivity contribution in [2.24, 2.45) is 10.7 Å². The van der Waals surface area contributed by atoms with E-state index in [-0.39, 0.29) is 29.5 Å². The van der Waals surface area contributed by atoms with Crippen LogP contribution in [0, 0.1) is 0 Å². The molecular formula is C12H27IN4O. The standard InChI is InChI=1S/C12H26N4O.HI/c1-10-9-17-8-7-16(10)6-5-14-11(13)15-12(2,3)4;/h10H,5-9H2,1-4H3,(H3,13,14,15);1H. The molecule has 0 amide bonds. The van der Waals surface area contributed by atoms with E-state index in [1.165, 1.54) is 0 Å². The SMILES string of the molecule is CC1COCCN1CCN=C(N)NC(C)(C)C.I. The maximum atomic E-state index is 5.81. The lowest BCUT2D eigenvalue weighted by molar-refractivity contribution is 0.00141. The zero-order valence-electron chi connectivity index (χ0n) is 11.9. The third-order valence-corrected chi connectivity index (χ3v) is 2.68. The Morgan fingerprint density at radius 3 is 2.72 bits per heavy atom. The molecule has 0 saturated carbocycles. The molecule has 0 radical (unpaired) electrons. The van der Waals surface area contributed by atoms with Crippen LogP contribution in [0.2, 0.25) is 0 Å². The molecule has 1 aliphatic heterocycles. The van der Waals surface area contributed by atoms with Crippen molar-refractivity contribution in [2.45, 2.75) is 39.3 Å². The summed E-state index contributed by atoms with van der Waals surface area (Å²) in [7, 11) is 0. The third-order valence-electron chi connectivity index (χ3n) is 2.68. The number of ether oxygens (including phenoxy) is 1. The molecule has 0 spiro atoms. The minimum atomic E-state index is -0.0279. The molecule has 3 N–H and O–H groups in total. The third kappa shape index (κ3) is 7.38. The summed E-state index contributed by atoms with van der Waals surface area (Å²) in [6.45, 7) is 12.7. The van der Waals surface area contributed by atoms with Crippen LogP contribution < -0.4 is 11.1 Å². The van der Waals surface area contributed by atoms with Crippen LogP contribution in [0.3, 0.4) is 0 Å². The molecule has 1 rings (SSSR count). The number of nitrogens with zero attached hydrogens (tertiary/aromatic N) is 2. The maximum Gasteiger partial charge on any atom is 0.189 e. The smallest absolute Gasteiger partial charge is 0.189 e. The van der Waals surface area contributed by atoms with E-state index in [1.54, 1.807) is 0 Å². The van der Waals surface area contributed by atoms with Gasteiger partial charge in [-0.3, -0.25) is 9.89 Å². The van der Waals surface area contributed by atoms with Gasteiger partial charge in [0.1, 0.15) is 0 Å². The van der Waals surface area contributed by atoms with Crippen LogP contribution in [-0.2, 0) is 4.74 Å². The van der Waals surface area contributed by atoms with Gasteiger partial charge in [-0.05, 0) is 27.7 Å². The normalized spacial score (nSPS) is 22.4. The molecule has 108 valence electrons. The zero-order valence-corrected chi connectivity index (χ0v) is 14.2. The van der Waals surface area contributed by atoms with E-state index in [0.717, 1.165) is 32.8 Å². The Bertz CT molecular complexity index is 265. The summed E-state index contributed by atoms with van der Waals surface area (Å²) in [6, 6.07) is 0.482. The lowest BCUT2D eigenvalue weighted by Crippen LogP contribution is -2.46. The predicted octanol–water partition coefficient (Wildman–Crippen LogP) is 1.03. The fraction of sp³-hybridized carbons (Fsp3) is 0.917. The molecule has 1 aliphatic rings. The van der Waals surface area contributed by atoms with Crippen LogP contribution >= 0.6 is 24.0 Å². The van der Waals surface area contributed by atoms with Gasteiger partial charge >= 0.3 is 0 Å². The van der Waals surface area contributed by atoms with Crippen molar-refractivity contribution >= 4 is 29.9 Å². The van der Waals surface area contributed by atoms with Crippen molar-refractivity contribution in [3.05, 3.63) is 0 Å². The number of rotatable bonds is 3. The van der Waals surface area contributed by atoms with Gasteiger partial charge in [-0.2, -0.15) is 0 Å². The number of morpholine rings is 1. The summed E-state index contributed by atoms with van der Waals surface area (Å²) < 4.78 is 5.39. The molecule has 0 aromatic heterocycles. The Hall–Kier alpha value is -0.0800. The van der Waals surface area contributed by atoms with Gasteiger partial charge < -0.3 is 15.8 Å². The molecule has 5 nitrogen and oxygen atoms in total. The highest BCUT2D eigenvalue weighted by Crippen LogP contribution is 2.05. The summed E-state index contributed by atoms with van der Waals surface area (Å²) in [5.41, 5.74) is 5.78. The van der Waals surface area contributed by atoms with Crippen molar-refractivity contribution in [3.63, 3.8) is 0 Å². The van der Waals surface area contributed by atoms with Crippen molar-refractivity contribution < 1.29 is 4.74 Å². The monoisotopic (exact) mass is 370 g/mol. The van der Waals surface area contributed by atoms with E-state index < -0.39 is 0 Å². The zero-order chi connectivity index (χ0) is 12.9. The maximum absolute atomic E-state index is 5.81. The summed E-state index contributed by atoms with van der Waals surface area (Å²) in [4.78, 5) is 6.73. The fourth-order valence-corrected chi connectivity index (χ4v) is 1.82. The van der Waals surface area contributed by atoms with Crippen molar-refractivity contribution in [1.82, 2.24) is 10.2 Å². The second-order valence-corrected chi connectivity index (χ2v) is 5.60. The van der Waals surface area contributed by atoms with E-state index in [4.69, 9.17) is 10.5 Å². The first kappa shape index (κ1) is 17.9. The van der Waals surface area contributed by atoms with E-state index >= 15 is 0 Å². The average Bonchev–Trinajstić information content (AvgIpc) is 2.18. The largest absolute Gasteiger partial charge is 0.379 e. The Balaban J connectivity index is 0.00000289. The summed E-state index contributed by atoms with van der Waals surface area (Å²) in [6.07, 6.45) is 0. The second-order valence-electron chi connectivity index (χ2n) is 5.60. The minimum absolute atomic E-state index is 0. The van der Waals surface area contributed by atoms with Gasteiger partial charge in [0, 0.05) is 24.7 Å². The van der Waals surface area contributed by atoms with E-state index in [9.17, 15) is 0 Å². The first-order valence-electron chi connectivity index (χ1n) is 6.28. The Labute approximate surface area is 128 Å². The topological polar surface area (TPSA) is 62.9 Å². The number of nitrogens with one attached hydrogen (secondary N) is 1. The number of hydrogen-bond acceptors (Lipinski definition) is 3. The number of guanidine groups is 1. The van der Waals surface area contributed by atoms with Crippen molar-refractivity contribution in [3.8, 4) is 0 Å². The van der Waals surface area contributed by atoms with Crippen LogP contribution in [0.5, 0.6) is 0 Å². The predicted molar refractivity (Wildman–Crippen MR) is 86.6 cm³/mol. The van der Waals surface area contributed by atoms with Crippen molar-refractivity contribution in [1.29, 1.82) is 0 Å². The van der Waals surface area contributed by atoms with Gasteiger partial charge in [0.25, 0.3) is 0 Å². The van der Waals surface area contributed by atoms with Gasteiger partial charge in [0.2, 0.25) is 0 Å². The summed E-state index contributed by atoms with van der Waals surface area (Å²) >= 11 is 0. The van der Waals surface area contributed by atoms with E-state index in [2.05, 4.69) is 42.9 Å². The van der Waals surface area contributed by atoms with Crippen LogP contribution in [0.4, 0.5) is 0 Å². The van der Waals surface area contributed by atoms with Crippen LogP contribution in [0.15, 0.2) is 4.99 Å². The van der Waals surface area contributed by atoms with E-state index in [0.29, 0.717) is 12.0 Å². The minimum Gasteiger partial charge on any atom is -0.379 e. The number of nitrogens with two attached hydrogens (primary N) is 1. The first-order chi connectivity index (χ1) is 7.88.